The van der Waals surface area contributed by atoms with Crippen molar-refractivity contribution in [3.63, 3.8) is 0 Å². The van der Waals surface area contributed by atoms with Gasteiger partial charge < -0.3 is 20.2 Å². The van der Waals surface area contributed by atoms with Gasteiger partial charge in [0.2, 0.25) is 0 Å². The van der Waals surface area contributed by atoms with Crippen LogP contribution < -0.4 is 10.6 Å². The first-order valence-electron chi connectivity index (χ1n) is 10.5. The molecule has 0 spiro atoms. The molecule has 29 heavy (non-hydrogen) atoms. The minimum atomic E-state index is -0.213. The second kappa shape index (κ2) is 8.70. The van der Waals surface area contributed by atoms with Crippen molar-refractivity contribution in [2.75, 3.05) is 13.6 Å². The summed E-state index contributed by atoms with van der Waals surface area (Å²) >= 11 is 0. The number of rotatable bonds is 6. The summed E-state index contributed by atoms with van der Waals surface area (Å²) in [6, 6.07) is 13.6. The van der Waals surface area contributed by atoms with Crippen LogP contribution in [-0.4, -0.2) is 30.6 Å². The predicted octanol–water partition coefficient (Wildman–Crippen LogP) is 4.63. The molecule has 1 fully saturated rings. The van der Waals surface area contributed by atoms with Gasteiger partial charge in [-0.25, -0.2) is 0 Å². The third-order valence-electron chi connectivity index (χ3n) is 5.84. The normalized spacial score (nSPS) is 14.9. The maximum absolute atomic E-state index is 12.8. The average Bonchev–Trinajstić information content (AvgIpc) is 3.16. The number of nitrogens with one attached hydrogen (secondary N) is 2. The largest absolute Gasteiger partial charge is 0.508 e. The van der Waals surface area contributed by atoms with Crippen LogP contribution in [0.1, 0.15) is 48.0 Å². The summed E-state index contributed by atoms with van der Waals surface area (Å²) < 4.78 is 6.11. The van der Waals surface area contributed by atoms with Crippen LogP contribution in [0, 0.1) is 0 Å². The Morgan fingerprint density at radius 1 is 1.10 bits per heavy atom. The van der Waals surface area contributed by atoms with Crippen LogP contribution in [-0.2, 0) is 6.42 Å². The molecule has 1 heterocycles. The van der Waals surface area contributed by atoms with Gasteiger partial charge in [-0.1, -0.05) is 49.6 Å². The number of phenolic OH excluding ortho intramolecular Hbond substituents is 1. The van der Waals surface area contributed by atoms with Gasteiger partial charge in [-0.3, -0.25) is 4.79 Å². The van der Waals surface area contributed by atoms with Crippen LogP contribution in [0.4, 0.5) is 0 Å². The molecule has 3 aromatic rings. The van der Waals surface area contributed by atoms with E-state index >= 15 is 0 Å². The zero-order valence-electron chi connectivity index (χ0n) is 16.8. The van der Waals surface area contributed by atoms with Gasteiger partial charge in [0.25, 0.3) is 5.91 Å². The highest BCUT2D eigenvalue weighted by Gasteiger charge is 2.25. The van der Waals surface area contributed by atoms with E-state index in [1.807, 2.05) is 30.3 Å². The lowest BCUT2D eigenvalue weighted by Gasteiger charge is -2.23. The number of fused-ring (bicyclic) bond motifs is 1. The van der Waals surface area contributed by atoms with Crippen molar-refractivity contribution in [3.8, 4) is 17.1 Å². The van der Waals surface area contributed by atoms with Crippen LogP contribution in [0.25, 0.3) is 22.3 Å². The number of amides is 1. The number of phenols is 1. The van der Waals surface area contributed by atoms with Crippen molar-refractivity contribution >= 4 is 16.9 Å². The van der Waals surface area contributed by atoms with Gasteiger partial charge in [0.15, 0.2) is 0 Å². The molecule has 0 bridgehead atoms. The number of hydrogen-bond donors (Lipinski definition) is 3. The minimum Gasteiger partial charge on any atom is -0.508 e. The molecule has 2 aromatic carbocycles. The van der Waals surface area contributed by atoms with Crippen molar-refractivity contribution < 1.29 is 14.3 Å². The summed E-state index contributed by atoms with van der Waals surface area (Å²) in [5.74, 6) is 0.523. The Balaban J connectivity index is 1.72. The summed E-state index contributed by atoms with van der Waals surface area (Å²) in [5, 5.41) is 17.7. The predicted molar refractivity (Wildman–Crippen MR) is 115 cm³/mol. The van der Waals surface area contributed by atoms with Crippen molar-refractivity contribution in [2.24, 2.45) is 0 Å². The first kappa shape index (κ1) is 19.5. The second-order valence-electron chi connectivity index (χ2n) is 7.73. The van der Waals surface area contributed by atoms with Crippen LogP contribution in [0.2, 0.25) is 0 Å². The van der Waals surface area contributed by atoms with Gasteiger partial charge in [0.05, 0.1) is 5.56 Å². The Hall–Kier alpha value is -2.79. The highest BCUT2D eigenvalue weighted by molar-refractivity contribution is 6.12. The Kier molecular flexibility index (Phi) is 5.86. The molecule has 1 amide bonds. The van der Waals surface area contributed by atoms with Gasteiger partial charge >= 0.3 is 0 Å². The van der Waals surface area contributed by atoms with E-state index in [4.69, 9.17) is 4.42 Å². The van der Waals surface area contributed by atoms with Gasteiger partial charge in [-0.15, -0.1) is 0 Å². The van der Waals surface area contributed by atoms with Crippen LogP contribution in [0.15, 0.2) is 46.9 Å². The smallest absolute Gasteiger partial charge is 0.255 e. The molecule has 0 radical (unpaired) electrons. The Bertz CT molecular complexity index is 988. The zero-order valence-corrected chi connectivity index (χ0v) is 16.8. The molecule has 1 aliphatic carbocycles. The number of aromatic hydroxyl groups is 1. The summed E-state index contributed by atoms with van der Waals surface area (Å²) in [5.41, 5.74) is 2.70. The third kappa shape index (κ3) is 4.01. The molecular weight excluding hydrogens is 364 g/mol. The van der Waals surface area contributed by atoms with E-state index in [-0.39, 0.29) is 11.7 Å². The highest BCUT2D eigenvalue weighted by Crippen LogP contribution is 2.38. The van der Waals surface area contributed by atoms with Crippen LogP contribution in [0.5, 0.6) is 5.75 Å². The molecule has 0 aliphatic heterocycles. The number of benzene rings is 2. The summed E-state index contributed by atoms with van der Waals surface area (Å²) in [7, 11) is 1.61. The van der Waals surface area contributed by atoms with Crippen molar-refractivity contribution in [2.45, 2.75) is 44.6 Å². The van der Waals surface area contributed by atoms with Gasteiger partial charge in [-0.2, -0.15) is 0 Å². The Morgan fingerprint density at radius 2 is 1.86 bits per heavy atom. The first-order chi connectivity index (χ1) is 14.2. The van der Waals surface area contributed by atoms with E-state index in [0.29, 0.717) is 34.8 Å². The summed E-state index contributed by atoms with van der Waals surface area (Å²) in [4.78, 5) is 12.8. The monoisotopic (exact) mass is 392 g/mol. The average molecular weight is 392 g/mol. The molecular formula is C24H28N2O3. The van der Waals surface area contributed by atoms with Gasteiger partial charge in [0.1, 0.15) is 17.1 Å². The fourth-order valence-corrected chi connectivity index (χ4v) is 4.34. The van der Waals surface area contributed by atoms with Crippen molar-refractivity contribution in [3.05, 3.63) is 53.6 Å². The third-order valence-corrected chi connectivity index (χ3v) is 5.84. The van der Waals surface area contributed by atoms with E-state index in [9.17, 15) is 9.90 Å². The second-order valence-corrected chi connectivity index (χ2v) is 7.73. The molecule has 0 unspecified atom stereocenters. The molecule has 1 aliphatic rings. The molecule has 5 heteroatoms. The molecule has 4 rings (SSSR count). The quantitative estimate of drug-likeness (QED) is 0.572. The number of carbonyl (C=O) groups is 1. The zero-order chi connectivity index (χ0) is 20.2. The molecule has 1 saturated carbocycles. The number of carbonyl (C=O) groups excluding carboxylic acids is 1. The fraction of sp³-hybridized carbons (Fsp3) is 0.375. The first-order valence-corrected chi connectivity index (χ1v) is 10.5. The highest BCUT2D eigenvalue weighted by atomic mass is 16.3. The van der Waals surface area contributed by atoms with Crippen LogP contribution in [0.3, 0.4) is 0 Å². The maximum Gasteiger partial charge on any atom is 0.255 e. The summed E-state index contributed by atoms with van der Waals surface area (Å²) in [6.45, 7) is 0.760. The van der Waals surface area contributed by atoms with E-state index in [1.54, 1.807) is 19.2 Å². The van der Waals surface area contributed by atoms with Gasteiger partial charge in [0, 0.05) is 29.6 Å². The van der Waals surface area contributed by atoms with E-state index in [1.165, 1.54) is 32.1 Å². The molecule has 0 atom stereocenters. The standard InChI is InChI=1S/C24H28N2O3/c1-25-24(28)22-21-18(14-15-26-17-10-6-3-7-11-17)19(27)12-13-20(21)29-23(22)16-8-4-2-5-9-16/h2,4-5,8-9,12-13,17,26-27H,3,6-7,10-11,14-15H2,1H3,(H,25,28). The van der Waals surface area contributed by atoms with Crippen molar-refractivity contribution in [1.82, 2.24) is 10.6 Å². The number of furan rings is 1. The molecule has 0 saturated heterocycles. The molecule has 5 nitrogen and oxygen atoms in total. The van der Waals surface area contributed by atoms with Crippen molar-refractivity contribution in [1.29, 1.82) is 0 Å². The topological polar surface area (TPSA) is 74.5 Å². The van der Waals surface area contributed by atoms with Crippen LogP contribution >= 0.6 is 0 Å². The lowest BCUT2D eigenvalue weighted by molar-refractivity contribution is 0.0964. The molecule has 1 aromatic heterocycles. The summed E-state index contributed by atoms with van der Waals surface area (Å²) in [6.07, 6.45) is 6.94. The van der Waals surface area contributed by atoms with E-state index in [2.05, 4.69) is 10.6 Å². The maximum atomic E-state index is 12.8. The Labute approximate surface area is 171 Å². The minimum absolute atomic E-state index is 0.202. The SMILES string of the molecule is CNC(=O)c1c(-c2ccccc2)oc2ccc(O)c(CCNC3CCCCC3)c12. The molecule has 3 N–H and O–H groups in total. The fourth-order valence-electron chi connectivity index (χ4n) is 4.34. The van der Waals surface area contributed by atoms with Gasteiger partial charge in [-0.05, 0) is 37.9 Å². The van der Waals surface area contributed by atoms with E-state index in [0.717, 1.165) is 17.7 Å². The Morgan fingerprint density at radius 3 is 2.59 bits per heavy atom. The molecule has 152 valence electrons. The van der Waals surface area contributed by atoms with E-state index < -0.39 is 0 Å². The lowest BCUT2D eigenvalue weighted by atomic mass is 9.95. The number of hydrogen-bond acceptors (Lipinski definition) is 4. The lowest BCUT2D eigenvalue weighted by Crippen LogP contribution is -2.32.